The monoisotopic (exact) mass is 186 g/mol. The smallest absolute Gasteiger partial charge is 0.129 e. The number of aliphatic hydroxyl groups is 1. The van der Waals surface area contributed by atoms with E-state index in [1.54, 1.807) is 0 Å². The molecule has 4 heteroatoms. The fourth-order valence-corrected chi connectivity index (χ4v) is 0.328. The molecule has 0 saturated carbocycles. The quantitative estimate of drug-likeness (QED) is 0.683. The minimum Gasteiger partial charge on any atom is -0.396 e. The predicted molar refractivity (Wildman–Crippen MR) is 43.6 cm³/mol. The summed E-state index contributed by atoms with van der Waals surface area (Å²) in [6.45, 7) is 1.65. The Balaban J connectivity index is 0. The molecule has 0 unspecified atom stereocenters. The van der Waals surface area contributed by atoms with E-state index in [0.29, 0.717) is 12.8 Å². The summed E-state index contributed by atoms with van der Waals surface area (Å²) in [5.41, 5.74) is 0. The van der Waals surface area contributed by atoms with Gasteiger partial charge in [-0.3, -0.25) is 0 Å². The van der Waals surface area contributed by atoms with Crippen LogP contribution in [0.1, 0.15) is 19.8 Å². The molecule has 0 atom stereocenters. The number of ketones is 1. The zero-order valence-electron chi connectivity index (χ0n) is 5.94. The molecule has 0 aliphatic carbocycles. The van der Waals surface area contributed by atoms with Crippen molar-refractivity contribution >= 4 is 29.0 Å². The van der Waals surface area contributed by atoms with Gasteiger partial charge in [0.1, 0.15) is 5.78 Å². The maximum atomic E-state index is 10.1. The maximum Gasteiger partial charge on any atom is 0.129 e. The van der Waals surface area contributed by atoms with E-state index in [1.807, 2.05) is 0 Å². The molecule has 0 fully saturated rings. The van der Waals surface area contributed by atoms with Crippen molar-refractivity contribution in [2.45, 2.75) is 19.8 Å². The molecular weight excluding hydrogens is 175 g/mol. The second kappa shape index (κ2) is 11.9. The summed E-state index contributed by atoms with van der Waals surface area (Å²) in [5.74, 6) is 0.147. The highest BCUT2D eigenvalue weighted by atomic mass is 35.5. The van der Waals surface area contributed by atoms with E-state index in [2.05, 4.69) is 0 Å². The van der Waals surface area contributed by atoms with Crippen LogP contribution in [0.3, 0.4) is 0 Å². The molecule has 10 heavy (non-hydrogen) atoms. The first-order valence-corrected chi connectivity index (χ1v) is 3.98. The van der Waals surface area contributed by atoms with E-state index in [9.17, 15) is 4.79 Å². The lowest BCUT2D eigenvalue weighted by molar-refractivity contribution is -0.117. The number of halogens is 2. The van der Waals surface area contributed by atoms with Crippen molar-refractivity contribution in [3.63, 3.8) is 0 Å². The summed E-state index contributed by atoms with van der Waals surface area (Å²) in [7, 11) is 0. The number of hydrogen-bond donors (Lipinski definition) is 1. The third-order valence-electron chi connectivity index (χ3n) is 0.687. The molecule has 0 saturated heterocycles. The molecule has 0 amide bonds. The largest absolute Gasteiger partial charge is 0.396 e. The van der Waals surface area contributed by atoms with Gasteiger partial charge in [0, 0.05) is 13.0 Å². The normalized spacial score (nSPS) is 8.00. The highest BCUT2D eigenvalue weighted by Crippen LogP contribution is 1.85. The van der Waals surface area contributed by atoms with Gasteiger partial charge in [0.25, 0.3) is 0 Å². The van der Waals surface area contributed by atoms with E-state index >= 15 is 0 Å². The summed E-state index contributed by atoms with van der Waals surface area (Å²) < 4.78 is 0. The molecule has 0 spiro atoms. The van der Waals surface area contributed by atoms with Crippen LogP contribution < -0.4 is 0 Å². The van der Waals surface area contributed by atoms with Gasteiger partial charge in [-0.2, -0.15) is 0 Å². The second-order valence-electron chi connectivity index (χ2n) is 1.63. The number of rotatable bonds is 3. The van der Waals surface area contributed by atoms with Crippen LogP contribution in [0.4, 0.5) is 0 Å². The van der Waals surface area contributed by atoms with Crippen molar-refractivity contribution < 1.29 is 9.90 Å². The van der Waals surface area contributed by atoms with E-state index in [-0.39, 0.29) is 17.7 Å². The number of aliphatic hydroxyl groups excluding tert-OH is 1. The molecule has 0 bridgehead atoms. The highest BCUT2D eigenvalue weighted by molar-refractivity contribution is 6.40. The molecule has 0 rings (SSSR count). The molecule has 0 aliphatic rings. The summed E-state index contributed by atoms with van der Waals surface area (Å²) in [6.07, 6.45) is 1.12. The molecule has 0 radical (unpaired) electrons. The topological polar surface area (TPSA) is 37.3 Å². The number of hydrogen-bond acceptors (Lipinski definition) is 2. The van der Waals surface area contributed by atoms with Gasteiger partial charge in [-0.15, -0.1) is 23.2 Å². The maximum absolute atomic E-state index is 10.1. The standard InChI is InChI=1S/C5H10O2.CH2Cl2/c1-5(7)3-2-4-6;2-1-3/h6H,2-4H2,1H3;1H2. The summed E-state index contributed by atoms with van der Waals surface area (Å²) >= 11 is 9.53. The first kappa shape index (κ1) is 12.8. The third kappa shape index (κ3) is 24.1. The molecular formula is C6H12Cl2O2. The van der Waals surface area contributed by atoms with Crippen LogP contribution in [0.25, 0.3) is 0 Å². The minimum atomic E-state index is 0.125. The second-order valence-corrected chi connectivity index (χ2v) is 2.44. The number of carbonyl (C=O) groups is 1. The zero-order chi connectivity index (χ0) is 8.41. The average Bonchev–Trinajstić information content (AvgIpc) is 1.85. The van der Waals surface area contributed by atoms with Crippen molar-refractivity contribution in [1.29, 1.82) is 0 Å². The Morgan fingerprint density at radius 3 is 2.00 bits per heavy atom. The summed E-state index contributed by atoms with van der Waals surface area (Å²) in [5, 5.41) is 8.36. The Hall–Kier alpha value is 0.210. The van der Waals surface area contributed by atoms with Crippen LogP contribution in [-0.2, 0) is 4.79 Å². The van der Waals surface area contributed by atoms with Gasteiger partial charge >= 0.3 is 0 Å². The Kier molecular flexibility index (Phi) is 15.3. The Morgan fingerprint density at radius 2 is 1.90 bits per heavy atom. The summed E-state index contributed by atoms with van der Waals surface area (Å²) in [6, 6.07) is 0. The lowest BCUT2D eigenvalue weighted by Gasteiger charge is -1.86. The van der Waals surface area contributed by atoms with Crippen LogP contribution in [0.5, 0.6) is 0 Å². The van der Waals surface area contributed by atoms with Crippen LogP contribution >= 0.6 is 23.2 Å². The van der Waals surface area contributed by atoms with Crippen molar-refractivity contribution in [1.82, 2.24) is 0 Å². The fourth-order valence-electron chi connectivity index (χ4n) is 0.328. The predicted octanol–water partition coefficient (Wildman–Crippen LogP) is 1.77. The third-order valence-corrected chi connectivity index (χ3v) is 0.687. The molecule has 2 nitrogen and oxygen atoms in total. The van der Waals surface area contributed by atoms with Crippen molar-refractivity contribution in [3.8, 4) is 0 Å². The molecule has 0 heterocycles. The van der Waals surface area contributed by atoms with Crippen LogP contribution in [0, 0.1) is 0 Å². The van der Waals surface area contributed by atoms with Gasteiger partial charge in [-0.1, -0.05) is 0 Å². The van der Waals surface area contributed by atoms with E-state index < -0.39 is 0 Å². The van der Waals surface area contributed by atoms with Crippen molar-refractivity contribution in [2.24, 2.45) is 0 Å². The van der Waals surface area contributed by atoms with E-state index in [1.165, 1.54) is 6.92 Å². The van der Waals surface area contributed by atoms with Gasteiger partial charge in [0.05, 0.1) is 5.34 Å². The lowest BCUT2D eigenvalue weighted by atomic mass is 10.2. The lowest BCUT2D eigenvalue weighted by Crippen LogP contribution is -1.91. The van der Waals surface area contributed by atoms with Gasteiger partial charge in [0.15, 0.2) is 0 Å². The van der Waals surface area contributed by atoms with E-state index in [0.717, 1.165) is 0 Å². The highest BCUT2D eigenvalue weighted by Gasteiger charge is 1.88. The van der Waals surface area contributed by atoms with Gasteiger partial charge in [-0.05, 0) is 13.3 Å². The van der Waals surface area contributed by atoms with Crippen LogP contribution in [0.15, 0.2) is 0 Å². The molecule has 0 aromatic rings. The Bertz CT molecular complexity index is 76.1. The van der Waals surface area contributed by atoms with Crippen molar-refractivity contribution in [2.75, 3.05) is 11.9 Å². The van der Waals surface area contributed by atoms with Gasteiger partial charge < -0.3 is 9.90 Å². The number of carbonyl (C=O) groups excluding carboxylic acids is 1. The SMILES string of the molecule is CC(=O)CCCO.ClCCl. The first-order valence-electron chi connectivity index (χ1n) is 2.91. The fraction of sp³-hybridized carbons (Fsp3) is 0.833. The molecule has 0 aliphatic heterocycles. The molecule has 1 N–H and O–H groups in total. The van der Waals surface area contributed by atoms with Gasteiger partial charge in [-0.25, -0.2) is 0 Å². The number of alkyl halides is 2. The Labute approximate surface area is 71.1 Å². The minimum absolute atomic E-state index is 0.125. The van der Waals surface area contributed by atoms with Crippen LogP contribution in [0.2, 0.25) is 0 Å². The van der Waals surface area contributed by atoms with Crippen molar-refractivity contribution in [3.05, 3.63) is 0 Å². The molecule has 0 aromatic carbocycles. The van der Waals surface area contributed by atoms with E-state index in [4.69, 9.17) is 28.3 Å². The zero-order valence-corrected chi connectivity index (χ0v) is 7.45. The number of Topliss-reactive ketones (excluding diaryl/α,β-unsaturated/α-hetero) is 1. The van der Waals surface area contributed by atoms with Crippen LogP contribution in [-0.4, -0.2) is 22.8 Å². The first-order chi connectivity index (χ1) is 4.68. The Morgan fingerprint density at radius 1 is 1.50 bits per heavy atom. The molecule has 62 valence electrons. The summed E-state index contributed by atoms with van der Waals surface area (Å²) in [4.78, 5) is 10.1. The molecule has 0 aromatic heterocycles. The van der Waals surface area contributed by atoms with Gasteiger partial charge in [0.2, 0.25) is 0 Å². The average molecular weight is 187 g/mol.